The summed E-state index contributed by atoms with van der Waals surface area (Å²) >= 11 is 11.9. The topological polar surface area (TPSA) is 25.8 Å². The summed E-state index contributed by atoms with van der Waals surface area (Å²) in [7, 11) is 0. The van der Waals surface area contributed by atoms with E-state index in [2.05, 4.69) is 64.3 Å². The average Bonchev–Trinajstić information content (AvgIpc) is 2.31. The molecule has 1 heterocycles. The van der Waals surface area contributed by atoms with Crippen LogP contribution in [0.5, 0.6) is 0 Å². The van der Waals surface area contributed by atoms with Gasteiger partial charge in [-0.2, -0.15) is 0 Å². The Bertz CT molecular complexity index is 623. The molecule has 0 unspecified atom stereocenters. The summed E-state index contributed by atoms with van der Waals surface area (Å²) in [5.74, 6) is 0.664. The molecular weight excluding hydrogens is 438 g/mol. The highest BCUT2D eigenvalue weighted by molar-refractivity contribution is 14.1. The molecule has 2 aromatic rings. The number of aromatic nitrogens is 2. The van der Waals surface area contributed by atoms with Crippen molar-refractivity contribution in [2.24, 2.45) is 0 Å². The molecule has 0 aliphatic carbocycles. The fourth-order valence-electron chi connectivity index (χ4n) is 1.67. The van der Waals surface area contributed by atoms with Crippen LogP contribution in [0, 0.1) is 3.57 Å². The molecule has 2 nitrogen and oxygen atoms in total. The second-order valence-electron chi connectivity index (χ2n) is 5.26. The summed E-state index contributed by atoms with van der Waals surface area (Å²) in [6.45, 7) is 6.37. The van der Waals surface area contributed by atoms with Crippen LogP contribution in [0.25, 0.3) is 11.4 Å². The van der Waals surface area contributed by atoms with E-state index in [1.54, 1.807) is 0 Å². The third-order valence-electron chi connectivity index (χ3n) is 2.60. The maximum absolute atomic E-state index is 6.24. The average molecular weight is 452 g/mol. The van der Waals surface area contributed by atoms with E-state index in [1.807, 2.05) is 24.3 Å². The van der Waals surface area contributed by atoms with Crippen LogP contribution in [0.2, 0.25) is 5.15 Å². The number of benzene rings is 1. The Hall–Kier alpha value is -0.200. The van der Waals surface area contributed by atoms with Gasteiger partial charge in [-0.3, -0.25) is 0 Å². The Morgan fingerprint density at radius 1 is 1.21 bits per heavy atom. The molecule has 1 aromatic heterocycles. The van der Waals surface area contributed by atoms with Crippen molar-refractivity contribution in [1.29, 1.82) is 0 Å². The van der Waals surface area contributed by atoms with Gasteiger partial charge < -0.3 is 0 Å². The van der Waals surface area contributed by atoms with E-state index in [0.29, 0.717) is 11.0 Å². The zero-order valence-electron chi connectivity index (χ0n) is 10.8. The number of hydrogen-bond donors (Lipinski definition) is 0. The summed E-state index contributed by atoms with van der Waals surface area (Å²) in [6.07, 6.45) is 0. The lowest BCUT2D eigenvalue weighted by atomic mass is 9.92. The zero-order chi connectivity index (χ0) is 14.2. The van der Waals surface area contributed by atoms with Crippen molar-refractivity contribution in [2.45, 2.75) is 26.2 Å². The van der Waals surface area contributed by atoms with Gasteiger partial charge in [0.25, 0.3) is 0 Å². The Morgan fingerprint density at radius 2 is 1.89 bits per heavy atom. The Kier molecular flexibility index (Phi) is 4.52. The molecule has 19 heavy (non-hydrogen) atoms. The second-order valence-corrected chi connectivity index (χ2v) is 7.61. The Morgan fingerprint density at radius 3 is 2.47 bits per heavy atom. The smallest absolute Gasteiger partial charge is 0.161 e. The van der Waals surface area contributed by atoms with Crippen LogP contribution in [0.4, 0.5) is 0 Å². The first kappa shape index (κ1) is 15.2. The fourth-order valence-corrected chi connectivity index (χ4v) is 3.29. The number of hydrogen-bond acceptors (Lipinski definition) is 2. The summed E-state index contributed by atoms with van der Waals surface area (Å²) in [4.78, 5) is 9.08. The first-order valence-electron chi connectivity index (χ1n) is 5.78. The van der Waals surface area contributed by atoms with Gasteiger partial charge in [0.2, 0.25) is 0 Å². The van der Waals surface area contributed by atoms with Gasteiger partial charge in [0.05, 0.1) is 9.26 Å². The van der Waals surface area contributed by atoms with E-state index < -0.39 is 0 Å². The summed E-state index contributed by atoms with van der Waals surface area (Å²) in [5, 5.41) is 0.510. The lowest BCUT2D eigenvalue weighted by molar-refractivity contribution is 0.563. The third-order valence-corrected chi connectivity index (χ3v) is 4.71. The van der Waals surface area contributed by atoms with Crippen LogP contribution >= 0.6 is 50.1 Å². The van der Waals surface area contributed by atoms with Crippen molar-refractivity contribution in [3.8, 4) is 11.4 Å². The molecule has 0 fully saturated rings. The Balaban J connectivity index is 2.63. The predicted octanol–water partition coefficient (Wildman–Crippen LogP) is 5.46. The van der Waals surface area contributed by atoms with Crippen molar-refractivity contribution in [3.05, 3.63) is 43.2 Å². The minimum absolute atomic E-state index is 0.0656. The van der Waals surface area contributed by atoms with E-state index in [0.717, 1.165) is 19.3 Å². The molecule has 0 N–H and O–H groups in total. The van der Waals surface area contributed by atoms with Gasteiger partial charge in [0.1, 0.15) is 5.15 Å². The summed E-state index contributed by atoms with van der Waals surface area (Å²) in [6, 6.07) is 7.91. The second kappa shape index (κ2) is 5.66. The third kappa shape index (κ3) is 3.47. The maximum Gasteiger partial charge on any atom is 0.161 e. The molecule has 0 aliphatic rings. The number of nitrogens with zero attached hydrogens (tertiary/aromatic N) is 2. The molecule has 0 bridgehead atoms. The number of rotatable bonds is 1. The standard InChI is InChI=1S/C14H13BrClIN2/c1-14(2,3)11-10(17)12(16)19-13(18-11)8-5-4-6-9(15)7-8/h4-7H,1-3H3. The fraction of sp³-hybridized carbons (Fsp3) is 0.286. The van der Waals surface area contributed by atoms with Gasteiger partial charge in [-0.25, -0.2) is 9.97 Å². The first-order chi connectivity index (χ1) is 8.79. The highest BCUT2D eigenvalue weighted by Crippen LogP contribution is 2.31. The lowest BCUT2D eigenvalue weighted by Crippen LogP contribution is -2.17. The van der Waals surface area contributed by atoms with Gasteiger partial charge in [-0.05, 0) is 34.7 Å². The molecule has 2 rings (SSSR count). The molecule has 1 aromatic carbocycles. The van der Waals surface area contributed by atoms with Crippen molar-refractivity contribution in [2.75, 3.05) is 0 Å². The van der Waals surface area contributed by atoms with E-state index >= 15 is 0 Å². The molecule has 0 saturated carbocycles. The van der Waals surface area contributed by atoms with Gasteiger partial charge in [-0.1, -0.05) is 60.4 Å². The van der Waals surface area contributed by atoms with E-state index in [1.165, 1.54) is 0 Å². The van der Waals surface area contributed by atoms with Crippen LogP contribution in [0.3, 0.4) is 0 Å². The predicted molar refractivity (Wildman–Crippen MR) is 91.6 cm³/mol. The summed E-state index contributed by atoms with van der Waals surface area (Å²) in [5.41, 5.74) is 1.87. The van der Waals surface area contributed by atoms with Crippen molar-refractivity contribution >= 4 is 50.1 Å². The van der Waals surface area contributed by atoms with Crippen molar-refractivity contribution < 1.29 is 0 Å². The van der Waals surface area contributed by atoms with Crippen molar-refractivity contribution in [3.63, 3.8) is 0 Å². The Labute approximate surface area is 140 Å². The van der Waals surface area contributed by atoms with Crippen LogP contribution in [0.15, 0.2) is 28.7 Å². The quantitative estimate of drug-likeness (QED) is 0.425. The minimum atomic E-state index is -0.0656. The molecule has 0 atom stereocenters. The van der Waals surface area contributed by atoms with Crippen LogP contribution in [-0.2, 0) is 5.41 Å². The van der Waals surface area contributed by atoms with Crippen LogP contribution in [-0.4, -0.2) is 9.97 Å². The monoisotopic (exact) mass is 450 g/mol. The molecule has 5 heteroatoms. The normalized spacial score (nSPS) is 11.7. The lowest BCUT2D eigenvalue weighted by Gasteiger charge is -2.20. The van der Waals surface area contributed by atoms with E-state index in [-0.39, 0.29) is 5.41 Å². The summed E-state index contributed by atoms with van der Waals surface area (Å²) < 4.78 is 1.92. The van der Waals surface area contributed by atoms with Crippen molar-refractivity contribution in [1.82, 2.24) is 9.97 Å². The molecule has 0 spiro atoms. The molecular formula is C14H13BrClIN2. The molecule has 100 valence electrons. The molecule has 0 aliphatic heterocycles. The highest BCUT2D eigenvalue weighted by atomic mass is 127. The number of halogens is 3. The maximum atomic E-state index is 6.24. The first-order valence-corrected chi connectivity index (χ1v) is 8.03. The van der Waals surface area contributed by atoms with Gasteiger partial charge in [0.15, 0.2) is 5.82 Å². The van der Waals surface area contributed by atoms with E-state index in [9.17, 15) is 0 Å². The molecule has 0 amide bonds. The van der Waals surface area contributed by atoms with Crippen LogP contribution < -0.4 is 0 Å². The highest BCUT2D eigenvalue weighted by Gasteiger charge is 2.22. The van der Waals surface area contributed by atoms with Gasteiger partial charge in [-0.15, -0.1) is 0 Å². The van der Waals surface area contributed by atoms with Crippen LogP contribution in [0.1, 0.15) is 26.5 Å². The minimum Gasteiger partial charge on any atom is -0.231 e. The largest absolute Gasteiger partial charge is 0.231 e. The SMILES string of the molecule is CC(C)(C)c1nc(-c2cccc(Br)c2)nc(Cl)c1I. The molecule has 0 saturated heterocycles. The molecule has 0 radical (unpaired) electrons. The van der Waals surface area contributed by atoms with Gasteiger partial charge in [0, 0.05) is 15.5 Å². The van der Waals surface area contributed by atoms with Gasteiger partial charge >= 0.3 is 0 Å². The zero-order valence-corrected chi connectivity index (χ0v) is 15.3. The van der Waals surface area contributed by atoms with E-state index in [4.69, 9.17) is 16.6 Å².